The topological polar surface area (TPSA) is 62.2 Å². The number of phenolic OH excluding ortho intramolecular Hbond substituents is 1. The van der Waals surface area contributed by atoms with E-state index in [4.69, 9.17) is 9.47 Å². The van der Waals surface area contributed by atoms with Gasteiger partial charge in [0.25, 0.3) is 5.91 Å². The fraction of sp³-hybridized carbons (Fsp3) is 0.316. The van der Waals surface area contributed by atoms with Crippen LogP contribution in [0.25, 0.3) is 0 Å². The summed E-state index contributed by atoms with van der Waals surface area (Å²) in [4.78, 5) is 16.6. The Bertz CT molecular complexity index is 804. The molecule has 2 aromatic rings. The van der Waals surface area contributed by atoms with Gasteiger partial charge in [-0.3, -0.25) is 4.79 Å². The van der Waals surface area contributed by atoms with Gasteiger partial charge in [0.1, 0.15) is 18.2 Å². The zero-order valence-corrected chi connectivity index (χ0v) is 14.1. The van der Waals surface area contributed by atoms with E-state index < -0.39 is 6.10 Å². The fourth-order valence-corrected chi connectivity index (χ4v) is 3.22. The minimum absolute atomic E-state index is 0.0633. The molecule has 1 N–H and O–H groups in total. The van der Waals surface area contributed by atoms with Crippen molar-refractivity contribution < 1.29 is 23.8 Å². The van der Waals surface area contributed by atoms with Gasteiger partial charge >= 0.3 is 0 Å². The van der Waals surface area contributed by atoms with Crippen LogP contribution in [0.3, 0.4) is 0 Å². The second-order valence-corrected chi connectivity index (χ2v) is 6.34. The van der Waals surface area contributed by atoms with Crippen molar-refractivity contribution in [2.45, 2.75) is 6.10 Å². The van der Waals surface area contributed by atoms with E-state index in [1.165, 1.54) is 24.3 Å². The first kappa shape index (κ1) is 16.5. The zero-order valence-electron chi connectivity index (χ0n) is 14.1. The Morgan fingerprint density at radius 2 is 1.77 bits per heavy atom. The number of carbonyl (C=O) groups is 1. The number of fused-ring (bicyclic) bond motifs is 1. The highest BCUT2D eigenvalue weighted by molar-refractivity contribution is 5.82. The SMILES string of the molecule is O=C(C1COc2ccc(O)cc2O1)N1CCN(c2ccc(F)cc2)CC1. The van der Waals surface area contributed by atoms with Crippen molar-refractivity contribution in [2.24, 2.45) is 0 Å². The summed E-state index contributed by atoms with van der Waals surface area (Å²) < 4.78 is 24.3. The minimum Gasteiger partial charge on any atom is -0.508 e. The predicted octanol–water partition coefficient (Wildman–Crippen LogP) is 2.02. The number of amides is 1. The van der Waals surface area contributed by atoms with Crippen LogP contribution < -0.4 is 14.4 Å². The zero-order chi connectivity index (χ0) is 18.1. The van der Waals surface area contributed by atoms with Gasteiger partial charge in [-0.25, -0.2) is 4.39 Å². The summed E-state index contributed by atoms with van der Waals surface area (Å²) in [6.45, 7) is 2.60. The third kappa shape index (κ3) is 3.24. The number of rotatable bonds is 2. The molecule has 2 aromatic carbocycles. The maximum atomic E-state index is 13.0. The Balaban J connectivity index is 1.37. The first-order chi connectivity index (χ1) is 12.6. The lowest BCUT2D eigenvalue weighted by Crippen LogP contribution is -2.54. The molecule has 26 heavy (non-hydrogen) atoms. The Labute approximate surface area is 150 Å². The normalized spacial score (nSPS) is 19.3. The second kappa shape index (κ2) is 6.74. The molecule has 4 rings (SSSR count). The van der Waals surface area contributed by atoms with Gasteiger partial charge in [-0.2, -0.15) is 0 Å². The Morgan fingerprint density at radius 3 is 2.50 bits per heavy atom. The minimum atomic E-state index is -0.721. The molecule has 1 unspecified atom stereocenters. The van der Waals surface area contributed by atoms with Gasteiger partial charge in [-0.1, -0.05) is 0 Å². The second-order valence-electron chi connectivity index (χ2n) is 6.34. The largest absolute Gasteiger partial charge is 0.508 e. The number of phenols is 1. The molecule has 2 aliphatic heterocycles. The predicted molar refractivity (Wildman–Crippen MR) is 93.2 cm³/mol. The van der Waals surface area contributed by atoms with Gasteiger partial charge in [0.2, 0.25) is 6.10 Å². The third-order valence-corrected chi connectivity index (χ3v) is 4.65. The van der Waals surface area contributed by atoms with Gasteiger partial charge in [-0.15, -0.1) is 0 Å². The van der Waals surface area contributed by atoms with E-state index in [0.717, 1.165) is 5.69 Å². The average molecular weight is 358 g/mol. The number of anilines is 1. The number of aromatic hydroxyl groups is 1. The van der Waals surface area contributed by atoms with Gasteiger partial charge in [-0.05, 0) is 36.4 Å². The molecule has 2 heterocycles. The van der Waals surface area contributed by atoms with Crippen LogP contribution in [0.5, 0.6) is 17.2 Å². The molecule has 2 aliphatic rings. The summed E-state index contributed by atoms with van der Waals surface area (Å²) in [7, 11) is 0. The number of nitrogens with zero attached hydrogens (tertiary/aromatic N) is 2. The van der Waals surface area contributed by atoms with E-state index in [-0.39, 0.29) is 24.1 Å². The van der Waals surface area contributed by atoms with Crippen molar-refractivity contribution in [3.05, 3.63) is 48.3 Å². The number of halogens is 1. The standard InChI is InChI=1S/C19H19FN2O4/c20-13-1-3-14(4-2-13)21-7-9-22(10-8-21)19(24)18-12-25-16-6-5-15(23)11-17(16)26-18/h1-6,11,18,23H,7-10,12H2. The molecular weight excluding hydrogens is 339 g/mol. The lowest BCUT2D eigenvalue weighted by molar-refractivity contribution is -0.141. The Kier molecular flexibility index (Phi) is 4.28. The lowest BCUT2D eigenvalue weighted by Gasteiger charge is -2.38. The summed E-state index contributed by atoms with van der Waals surface area (Å²) in [6, 6.07) is 10.9. The number of piperazine rings is 1. The van der Waals surface area contributed by atoms with E-state index in [1.807, 2.05) is 0 Å². The van der Waals surface area contributed by atoms with Crippen LogP contribution in [-0.4, -0.2) is 54.8 Å². The smallest absolute Gasteiger partial charge is 0.267 e. The van der Waals surface area contributed by atoms with Crippen molar-refractivity contribution in [3.63, 3.8) is 0 Å². The van der Waals surface area contributed by atoms with Crippen molar-refractivity contribution in [1.82, 2.24) is 4.90 Å². The van der Waals surface area contributed by atoms with Crippen LogP contribution in [0.4, 0.5) is 10.1 Å². The van der Waals surface area contributed by atoms with E-state index >= 15 is 0 Å². The van der Waals surface area contributed by atoms with Gasteiger partial charge in [0, 0.05) is 37.9 Å². The van der Waals surface area contributed by atoms with Crippen LogP contribution in [-0.2, 0) is 4.79 Å². The maximum absolute atomic E-state index is 13.0. The number of hydrogen-bond donors (Lipinski definition) is 1. The van der Waals surface area contributed by atoms with E-state index in [9.17, 15) is 14.3 Å². The van der Waals surface area contributed by atoms with Crippen LogP contribution >= 0.6 is 0 Å². The number of ether oxygens (including phenoxy) is 2. The third-order valence-electron chi connectivity index (χ3n) is 4.65. The summed E-state index contributed by atoms with van der Waals surface area (Å²) in [5.41, 5.74) is 0.945. The molecule has 0 spiro atoms. The summed E-state index contributed by atoms with van der Waals surface area (Å²) >= 11 is 0. The number of hydrogen-bond acceptors (Lipinski definition) is 5. The molecular formula is C19H19FN2O4. The highest BCUT2D eigenvalue weighted by Crippen LogP contribution is 2.35. The number of carbonyl (C=O) groups excluding carboxylic acids is 1. The summed E-state index contributed by atoms with van der Waals surface area (Å²) in [5, 5.41) is 9.56. The molecule has 6 nitrogen and oxygen atoms in total. The molecule has 0 saturated carbocycles. The molecule has 1 atom stereocenters. The van der Waals surface area contributed by atoms with Crippen molar-refractivity contribution in [1.29, 1.82) is 0 Å². The summed E-state index contributed by atoms with van der Waals surface area (Å²) in [5.74, 6) is 0.571. The van der Waals surface area contributed by atoms with Crippen LogP contribution in [0.1, 0.15) is 0 Å². The average Bonchev–Trinajstić information content (AvgIpc) is 2.67. The Morgan fingerprint density at radius 1 is 1.04 bits per heavy atom. The molecule has 1 saturated heterocycles. The lowest BCUT2D eigenvalue weighted by atomic mass is 10.2. The van der Waals surface area contributed by atoms with Crippen LogP contribution in [0, 0.1) is 5.82 Å². The van der Waals surface area contributed by atoms with Gasteiger partial charge < -0.3 is 24.4 Å². The quantitative estimate of drug-likeness (QED) is 0.890. The van der Waals surface area contributed by atoms with E-state index in [0.29, 0.717) is 37.7 Å². The molecule has 7 heteroatoms. The highest BCUT2D eigenvalue weighted by Gasteiger charge is 2.33. The molecule has 0 aliphatic carbocycles. The van der Waals surface area contributed by atoms with E-state index in [2.05, 4.69) is 4.90 Å². The Hall–Kier alpha value is -2.96. The van der Waals surface area contributed by atoms with Crippen LogP contribution in [0.2, 0.25) is 0 Å². The van der Waals surface area contributed by atoms with Crippen molar-refractivity contribution in [3.8, 4) is 17.2 Å². The van der Waals surface area contributed by atoms with Crippen LogP contribution in [0.15, 0.2) is 42.5 Å². The molecule has 0 radical (unpaired) electrons. The summed E-state index contributed by atoms with van der Waals surface area (Å²) in [6.07, 6.45) is -0.721. The van der Waals surface area contributed by atoms with Gasteiger partial charge in [0.15, 0.2) is 11.5 Å². The molecule has 1 fully saturated rings. The highest BCUT2D eigenvalue weighted by atomic mass is 19.1. The monoisotopic (exact) mass is 358 g/mol. The molecule has 136 valence electrons. The number of benzene rings is 2. The van der Waals surface area contributed by atoms with Crippen molar-refractivity contribution >= 4 is 11.6 Å². The van der Waals surface area contributed by atoms with Crippen molar-refractivity contribution in [2.75, 3.05) is 37.7 Å². The first-order valence-electron chi connectivity index (χ1n) is 8.52. The van der Waals surface area contributed by atoms with Gasteiger partial charge in [0.05, 0.1) is 0 Å². The first-order valence-corrected chi connectivity index (χ1v) is 8.52. The molecule has 0 aromatic heterocycles. The molecule has 0 bridgehead atoms. The fourth-order valence-electron chi connectivity index (χ4n) is 3.22. The molecule has 1 amide bonds. The maximum Gasteiger partial charge on any atom is 0.267 e. The van der Waals surface area contributed by atoms with E-state index in [1.54, 1.807) is 23.1 Å².